The number of aromatic nitrogens is 1. The predicted octanol–water partition coefficient (Wildman–Crippen LogP) is 5.90. The van der Waals surface area contributed by atoms with Crippen LogP contribution in [0.5, 0.6) is 0 Å². The van der Waals surface area contributed by atoms with Crippen molar-refractivity contribution in [1.29, 1.82) is 0 Å². The molecule has 0 spiro atoms. The number of benzene rings is 3. The number of aryl methyl sites for hydroxylation is 3. The van der Waals surface area contributed by atoms with Gasteiger partial charge >= 0.3 is 0 Å². The molecule has 126 valence electrons. The Bertz CT molecular complexity index is 1310. The lowest BCUT2D eigenvalue weighted by Crippen LogP contribution is -2.31. The largest absolute Gasteiger partial charge is 0.212 e. The third-order valence-corrected chi connectivity index (χ3v) is 5.69. The second kappa shape index (κ2) is 5.28. The molecule has 0 radical (unpaired) electrons. The molecule has 5 rings (SSSR count). The summed E-state index contributed by atoms with van der Waals surface area (Å²) in [5.41, 5.74) is 9.72. The fraction of sp³-hybridized carbons (Fsp3) is 0.160. The molecule has 0 aliphatic heterocycles. The van der Waals surface area contributed by atoms with Crippen molar-refractivity contribution in [3.8, 4) is 33.5 Å². The highest BCUT2D eigenvalue weighted by atomic mass is 14.9. The minimum atomic E-state index is -2.11. The van der Waals surface area contributed by atoms with Crippen molar-refractivity contribution in [2.45, 2.75) is 20.7 Å². The molecular weight excluding hydrogens is 314 g/mol. The maximum atomic E-state index is 7.79. The fourth-order valence-electron chi connectivity index (χ4n) is 4.35. The number of pyridine rings is 1. The summed E-state index contributed by atoms with van der Waals surface area (Å²) in [4.78, 5) is 0. The van der Waals surface area contributed by atoms with Crippen LogP contribution < -0.4 is 4.57 Å². The van der Waals surface area contributed by atoms with Crippen LogP contribution in [0.4, 0.5) is 0 Å². The Balaban J connectivity index is 1.76. The van der Waals surface area contributed by atoms with Crippen LogP contribution >= 0.6 is 0 Å². The van der Waals surface area contributed by atoms with E-state index in [0.29, 0.717) is 5.56 Å². The molecule has 1 aromatic heterocycles. The molecule has 26 heavy (non-hydrogen) atoms. The van der Waals surface area contributed by atoms with Gasteiger partial charge < -0.3 is 0 Å². The van der Waals surface area contributed by atoms with Gasteiger partial charge in [-0.25, -0.2) is 4.57 Å². The van der Waals surface area contributed by atoms with E-state index in [2.05, 4.69) is 55.5 Å². The van der Waals surface area contributed by atoms with Crippen LogP contribution in [-0.2, 0) is 7.05 Å². The third kappa shape index (κ3) is 1.94. The van der Waals surface area contributed by atoms with E-state index in [1.165, 1.54) is 38.6 Å². The molecule has 1 aliphatic carbocycles. The van der Waals surface area contributed by atoms with Crippen molar-refractivity contribution in [2.75, 3.05) is 0 Å². The highest BCUT2D eigenvalue weighted by Gasteiger charge is 2.25. The van der Waals surface area contributed by atoms with Crippen LogP contribution in [0.2, 0.25) is 0 Å². The molecule has 0 N–H and O–H groups in total. The Morgan fingerprint density at radius 3 is 2.31 bits per heavy atom. The summed E-state index contributed by atoms with van der Waals surface area (Å²) in [7, 11) is 1.92. The first-order chi connectivity index (χ1) is 13.8. The van der Waals surface area contributed by atoms with Gasteiger partial charge in [0.1, 0.15) is 7.05 Å². The molecule has 0 amide bonds. The molecular formula is C25H22N+. The van der Waals surface area contributed by atoms with Crippen molar-refractivity contribution >= 4 is 10.8 Å². The van der Waals surface area contributed by atoms with Gasteiger partial charge in [0.25, 0.3) is 0 Å². The standard InChI is InChI=1S/C25H22N/c1-15-13-23(26(4)14-16(15)2)19-11-12-21-20-9-5-7-18-8-6-10-22(25(18)20)24(21)17(19)3/h5-14H,1-4H3/q+1/i2D3. The van der Waals surface area contributed by atoms with Crippen molar-refractivity contribution in [2.24, 2.45) is 7.05 Å². The van der Waals surface area contributed by atoms with E-state index >= 15 is 0 Å². The Kier molecular flexibility index (Phi) is 2.52. The second-order valence-electron chi connectivity index (χ2n) is 7.24. The zero-order valence-corrected chi connectivity index (χ0v) is 15.2. The molecule has 0 bridgehead atoms. The topological polar surface area (TPSA) is 3.88 Å². The summed E-state index contributed by atoms with van der Waals surface area (Å²) < 4.78 is 25.3. The van der Waals surface area contributed by atoms with Gasteiger partial charge in [-0.1, -0.05) is 42.5 Å². The average Bonchev–Trinajstić information content (AvgIpc) is 3.00. The van der Waals surface area contributed by atoms with Crippen LogP contribution in [0.3, 0.4) is 0 Å². The maximum Gasteiger partial charge on any atom is 0.212 e. The molecule has 0 atom stereocenters. The number of rotatable bonds is 1. The van der Waals surface area contributed by atoms with Crippen molar-refractivity contribution in [1.82, 2.24) is 0 Å². The van der Waals surface area contributed by atoms with E-state index in [1.807, 2.05) is 24.6 Å². The van der Waals surface area contributed by atoms with Gasteiger partial charge in [-0.2, -0.15) is 0 Å². The van der Waals surface area contributed by atoms with Crippen LogP contribution in [0.1, 0.15) is 20.8 Å². The predicted molar refractivity (Wildman–Crippen MR) is 109 cm³/mol. The van der Waals surface area contributed by atoms with Gasteiger partial charge in [-0.15, -0.1) is 0 Å². The highest BCUT2D eigenvalue weighted by molar-refractivity contribution is 6.16. The second-order valence-corrected chi connectivity index (χ2v) is 7.24. The lowest BCUT2D eigenvalue weighted by atomic mass is 9.92. The molecule has 1 heterocycles. The quantitative estimate of drug-likeness (QED) is 0.335. The van der Waals surface area contributed by atoms with Gasteiger partial charge in [0.15, 0.2) is 6.20 Å². The average molecular weight is 339 g/mol. The zero-order chi connectivity index (χ0) is 20.5. The molecule has 3 aromatic carbocycles. The van der Waals surface area contributed by atoms with Gasteiger partial charge in [0.2, 0.25) is 5.69 Å². The Labute approximate surface area is 158 Å². The Morgan fingerprint density at radius 1 is 0.808 bits per heavy atom. The van der Waals surface area contributed by atoms with Crippen LogP contribution in [0.25, 0.3) is 44.3 Å². The minimum Gasteiger partial charge on any atom is -0.201 e. The van der Waals surface area contributed by atoms with E-state index < -0.39 is 6.85 Å². The first-order valence-electron chi connectivity index (χ1n) is 10.4. The van der Waals surface area contributed by atoms with Gasteiger partial charge in [0, 0.05) is 21.3 Å². The molecule has 0 saturated carbocycles. The fourth-order valence-corrected chi connectivity index (χ4v) is 4.35. The summed E-state index contributed by atoms with van der Waals surface area (Å²) in [6.45, 7) is 1.95. The summed E-state index contributed by atoms with van der Waals surface area (Å²) in [6, 6.07) is 19.4. The number of hydrogen-bond acceptors (Lipinski definition) is 0. The Morgan fingerprint density at radius 2 is 1.54 bits per heavy atom. The van der Waals surface area contributed by atoms with E-state index in [4.69, 9.17) is 4.11 Å². The molecule has 0 unspecified atom stereocenters. The number of hydrogen-bond donors (Lipinski definition) is 0. The summed E-state index contributed by atoms with van der Waals surface area (Å²) in [6.07, 6.45) is 1.75. The van der Waals surface area contributed by atoms with Crippen molar-refractivity contribution in [3.05, 3.63) is 77.5 Å². The molecule has 0 fully saturated rings. The SMILES string of the molecule is [2H]C([2H])([2H])c1c[n+](C)c(-c2ccc3c(c2C)-c2cccc4cccc-3c24)cc1C. The first kappa shape index (κ1) is 12.4. The summed E-state index contributed by atoms with van der Waals surface area (Å²) >= 11 is 0. The normalized spacial score (nSPS) is 14.0. The first-order valence-corrected chi connectivity index (χ1v) is 8.94. The molecule has 1 heteroatoms. The smallest absolute Gasteiger partial charge is 0.201 e. The third-order valence-electron chi connectivity index (χ3n) is 5.69. The van der Waals surface area contributed by atoms with Crippen LogP contribution in [-0.4, -0.2) is 0 Å². The molecule has 0 saturated heterocycles. The van der Waals surface area contributed by atoms with E-state index in [0.717, 1.165) is 16.8 Å². The Hall–Kier alpha value is -2.93. The monoisotopic (exact) mass is 339 g/mol. The van der Waals surface area contributed by atoms with Crippen molar-refractivity contribution in [3.63, 3.8) is 0 Å². The van der Waals surface area contributed by atoms with Gasteiger partial charge in [0.05, 0.1) is 0 Å². The van der Waals surface area contributed by atoms with E-state index in [1.54, 1.807) is 6.20 Å². The zero-order valence-electron chi connectivity index (χ0n) is 18.2. The molecule has 1 nitrogen and oxygen atoms in total. The lowest BCUT2D eigenvalue weighted by Gasteiger charge is -2.12. The highest BCUT2D eigenvalue weighted by Crippen LogP contribution is 2.49. The number of fused-ring (bicyclic) bond motifs is 3. The number of nitrogens with zero attached hydrogens (tertiary/aromatic N) is 1. The van der Waals surface area contributed by atoms with Crippen LogP contribution in [0, 0.1) is 20.7 Å². The van der Waals surface area contributed by atoms with Crippen LogP contribution in [0.15, 0.2) is 60.8 Å². The summed E-state index contributed by atoms with van der Waals surface area (Å²) in [5, 5.41) is 2.59. The van der Waals surface area contributed by atoms with E-state index in [-0.39, 0.29) is 0 Å². The minimum absolute atomic E-state index is 0.403. The molecule has 4 aromatic rings. The maximum absolute atomic E-state index is 7.79. The lowest BCUT2D eigenvalue weighted by molar-refractivity contribution is -0.660. The van der Waals surface area contributed by atoms with Gasteiger partial charge in [-0.05, 0) is 70.9 Å². The van der Waals surface area contributed by atoms with Crippen molar-refractivity contribution < 1.29 is 8.68 Å². The van der Waals surface area contributed by atoms with Gasteiger partial charge in [-0.3, -0.25) is 0 Å². The van der Waals surface area contributed by atoms with E-state index in [9.17, 15) is 0 Å². The molecule has 1 aliphatic rings. The summed E-state index contributed by atoms with van der Waals surface area (Å²) in [5.74, 6) is 0.